The minimum atomic E-state index is -0.337. The van der Waals surface area contributed by atoms with Crippen LogP contribution >= 0.6 is 0 Å². The fourth-order valence-electron chi connectivity index (χ4n) is 3.21. The number of nitrogens with one attached hydrogen (secondary N) is 1. The molecule has 1 heterocycles. The van der Waals surface area contributed by atoms with E-state index in [1.165, 1.54) is 0 Å². The molecule has 0 bridgehead atoms. The van der Waals surface area contributed by atoms with Crippen molar-refractivity contribution in [3.8, 4) is 0 Å². The van der Waals surface area contributed by atoms with Crippen molar-refractivity contribution in [1.29, 1.82) is 0 Å². The number of carbonyl (C=O) groups is 3. The Labute approximate surface area is 158 Å². The highest BCUT2D eigenvalue weighted by atomic mass is 16.2. The van der Waals surface area contributed by atoms with E-state index in [1.807, 2.05) is 49.3 Å². The summed E-state index contributed by atoms with van der Waals surface area (Å²) in [7, 11) is 3.89. The van der Waals surface area contributed by atoms with Crippen molar-refractivity contribution in [2.24, 2.45) is 0 Å². The molecule has 140 valence electrons. The normalized spacial score (nSPS) is 14.4. The minimum absolute atomic E-state index is 0.0711. The monoisotopic (exact) mass is 365 g/mol. The zero-order valence-corrected chi connectivity index (χ0v) is 15.5. The van der Waals surface area contributed by atoms with Crippen LogP contribution < -0.4 is 5.32 Å². The lowest BCUT2D eigenvalue weighted by Gasteiger charge is -2.23. The predicted molar refractivity (Wildman–Crippen MR) is 102 cm³/mol. The number of hydrogen-bond donors (Lipinski definition) is 1. The van der Waals surface area contributed by atoms with Crippen molar-refractivity contribution >= 4 is 17.7 Å². The second kappa shape index (κ2) is 8.14. The highest BCUT2D eigenvalue weighted by Crippen LogP contribution is 2.22. The van der Waals surface area contributed by atoms with Crippen molar-refractivity contribution in [2.45, 2.75) is 12.5 Å². The van der Waals surface area contributed by atoms with Gasteiger partial charge in [0, 0.05) is 19.5 Å². The van der Waals surface area contributed by atoms with E-state index < -0.39 is 0 Å². The van der Waals surface area contributed by atoms with Gasteiger partial charge in [0.2, 0.25) is 5.91 Å². The smallest absolute Gasteiger partial charge is 0.261 e. The van der Waals surface area contributed by atoms with Gasteiger partial charge in [0.15, 0.2) is 0 Å². The topological polar surface area (TPSA) is 69.7 Å². The number of likely N-dealkylation sites (N-methyl/N-ethyl adjacent to an activating group) is 1. The zero-order chi connectivity index (χ0) is 19.4. The quantitative estimate of drug-likeness (QED) is 0.763. The van der Waals surface area contributed by atoms with Crippen molar-refractivity contribution in [3.05, 3.63) is 71.3 Å². The summed E-state index contributed by atoms with van der Waals surface area (Å²) < 4.78 is 0. The summed E-state index contributed by atoms with van der Waals surface area (Å²) >= 11 is 0. The summed E-state index contributed by atoms with van der Waals surface area (Å²) in [5.41, 5.74) is 1.82. The highest BCUT2D eigenvalue weighted by Gasteiger charge is 2.35. The molecule has 0 aromatic heterocycles. The third-order valence-electron chi connectivity index (χ3n) is 4.53. The molecule has 0 spiro atoms. The largest absolute Gasteiger partial charge is 0.348 e. The third kappa shape index (κ3) is 4.23. The molecule has 1 N–H and O–H groups in total. The second-order valence-corrected chi connectivity index (χ2v) is 6.85. The summed E-state index contributed by atoms with van der Waals surface area (Å²) in [6.07, 6.45) is 0.0717. The first kappa shape index (κ1) is 18.8. The number of imide groups is 1. The van der Waals surface area contributed by atoms with Crippen LogP contribution in [0.15, 0.2) is 54.6 Å². The number of hydrogen-bond acceptors (Lipinski definition) is 4. The van der Waals surface area contributed by atoms with Crippen molar-refractivity contribution in [3.63, 3.8) is 0 Å². The lowest BCUT2D eigenvalue weighted by molar-refractivity contribution is -0.122. The standard InChI is InChI=1S/C21H23N3O3/c1-23(2)14-18(15-8-4-3-5-9-15)22-19(25)12-13-24-20(26)16-10-6-7-11-17(16)21(24)27/h3-11,18H,12-14H2,1-2H3,(H,22,25)/t18-/m1/s1. The SMILES string of the molecule is CN(C)C[C@@H](NC(=O)CCN1C(=O)c2ccccc2C1=O)c1ccccc1. The molecular weight excluding hydrogens is 342 g/mol. The Kier molecular flexibility index (Phi) is 5.66. The molecule has 6 heteroatoms. The van der Waals surface area contributed by atoms with E-state index in [1.54, 1.807) is 24.3 Å². The Morgan fingerprint density at radius 3 is 2.07 bits per heavy atom. The minimum Gasteiger partial charge on any atom is -0.348 e. The fraction of sp³-hybridized carbons (Fsp3) is 0.286. The lowest BCUT2D eigenvalue weighted by atomic mass is 10.1. The van der Waals surface area contributed by atoms with Gasteiger partial charge in [-0.05, 0) is 31.8 Å². The zero-order valence-electron chi connectivity index (χ0n) is 15.5. The van der Waals surface area contributed by atoms with Gasteiger partial charge in [-0.25, -0.2) is 0 Å². The number of amides is 3. The van der Waals surface area contributed by atoms with Gasteiger partial charge in [0.1, 0.15) is 0 Å². The molecule has 1 atom stereocenters. The van der Waals surface area contributed by atoms with Crippen LogP contribution in [0.5, 0.6) is 0 Å². The molecule has 0 aliphatic carbocycles. The molecule has 0 saturated heterocycles. The van der Waals surface area contributed by atoms with Gasteiger partial charge in [-0.3, -0.25) is 19.3 Å². The molecule has 6 nitrogen and oxygen atoms in total. The molecule has 27 heavy (non-hydrogen) atoms. The van der Waals surface area contributed by atoms with Crippen LogP contribution in [0, 0.1) is 0 Å². The average Bonchev–Trinajstić information content (AvgIpc) is 2.91. The number of fused-ring (bicyclic) bond motifs is 1. The summed E-state index contributed by atoms with van der Waals surface area (Å²) in [5.74, 6) is -0.866. The fourth-order valence-corrected chi connectivity index (χ4v) is 3.21. The summed E-state index contributed by atoms with van der Waals surface area (Å²) in [5, 5.41) is 3.01. The Hall–Kier alpha value is -2.99. The molecule has 2 aromatic rings. The summed E-state index contributed by atoms with van der Waals surface area (Å²) in [6.45, 7) is 0.727. The number of benzene rings is 2. The lowest BCUT2D eigenvalue weighted by Crippen LogP contribution is -2.38. The van der Waals surface area contributed by atoms with Crippen LogP contribution in [-0.2, 0) is 4.79 Å². The molecule has 3 amide bonds. The van der Waals surface area contributed by atoms with Crippen LogP contribution in [0.25, 0.3) is 0 Å². The third-order valence-corrected chi connectivity index (χ3v) is 4.53. The van der Waals surface area contributed by atoms with E-state index in [9.17, 15) is 14.4 Å². The predicted octanol–water partition coefficient (Wildman–Crippen LogP) is 2.09. The highest BCUT2D eigenvalue weighted by molar-refractivity contribution is 6.21. The van der Waals surface area contributed by atoms with Gasteiger partial charge in [-0.1, -0.05) is 42.5 Å². The van der Waals surface area contributed by atoms with Crippen molar-refractivity contribution < 1.29 is 14.4 Å². The maximum Gasteiger partial charge on any atom is 0.261 e. The van der Waals surface area contributed by atoms with Crippen LogP contribution in [0.4, 0.5) is 0 Å². The first-order valence-corrected chi connectivity index (χ1v) is 8.91. The van der Waals surface area contributed by atoms with Crippen LogP contribution in [0.2, 0.25) is 0 Å². The maximum atomic E-state index is 12.5. The van der Waals surface area contributed by atoms with Gasteiger partial charge in [0.05, 0.1) is 17.2 Å². The Morgan fingerprint density at radius 2 is 1.52 bits per heavy atom. The van der Waals surface area contributed by atoms with E-state index in [0.29, 0.717) is 17.7 Å². The van der Waals surface area contributed by atoms with Gasteiger partial charge in [-0.15, -0.1) is 0 Å². The average molecular weight is 365 g/mol. The molecular formula is C21H23N3O3. The van der Waals surface area contributed by atoms with E-state index in [0.717, 1.165) is 10.5 Å². The molecule has 2 aromatic carbocycles. The van der Waals surface area contributed by atoms with E-state index in [-0.39, 0.29) is 36.7 Å². The van der Waals surface area contributed by atoms with Crippen LogP contribution in [0.3, 0.4) is 0 Å². The maximum absolute atomic E-state index is 12.5. The summed E-state index contributed by atoms with van der Waals surface area (Å²) in [4.78, 5) is 40.4. The Balaban J connectivity index is 1.62. The first-order chi connectivity index (χ1) is 13.0. The van der Waals surface area contributed by atoms with Gasteiger partial charge in [-0.2, -0.15) is 0 Å². The van der Waals surface area contributed by atoms with Gasteiger partial charge in [0.25, 0.3) is 11.8 Å². The van der Waals surface area contributed by atoms with E-state index >= 15 is 0 Å². The second-order valence-electron chi connectivity index (χ2n) is 6.85. The molecule has 0 unspecified atom stereocenters. The Bertz CT molecular complexity index is 814. The number of carbonyl (C=O) groups excluding carboxylic acids is 3. The van der Waals surface area contributed by atoms with Gasteiger partial charge < -0.3 is 10.2 Å². The molecule has 0 fully saturated rings. The van der Waals surface area contributed by atoms with Crippen LogP contribution in [-0.4, -0.2) is 54.7 Å². The number of nitrogens with zero attached hydrogens (tertiary/aromatic N) is 2. The van der Waals surface area contributed by atoms with Crippen molar-refractivity contribution in [2.75, 3.05) is 27.2 Å². The van der Waals surface area contributed by atoms with E-state index in [2.05, 4.69) is 5.32 Å². The molecule has 1 aliphatic rings. The first-order valence-electron chi connectivity index (χ1n) is 8.91. The Morgan fingerprint density at radius 1 is 0.963 bits per heavy atom. The molecule has 3 rings (SSSR count). The summed E-state index contributed by atoms with van der Waals surface area (Å²) in [6, 6.07) is 16.3. The number of rotatable bonds is 7. The molecule has 0 radical (unpaired) electrons. The molecule has 1 aliphatic heterocycles. The van der Waals surface area contributed by atoms with Gasteiger partial charge >= 0.3 is 0 Å². The molecule has 0 saturated carbocycles. The van der Waals surface area contributed by atoms with Crippen LogP contribution in [0.1, 0.15) is 38.7 Å². The van der Waals surface area contributed by atoms with Crippen molar-refractivity contribution in [1.82, 2.24) is 15.1 Å². The van der Waals surface area contributed by atoms with E-state index in [4.69, 9.17) is 0 Å².